The molecule has 1 atom stereocenters. The topological polar surface area (TPSA) is 78.9 Å². The summed E-state index contributed by atoms with van der Waals surface area (Å²) in [7, 11) is -2.47. The summed E-state index contributed by atoms with van der Waals surface area (Å²) < 4.78 is 33.3. The van der Waals surface area contributed by atoms with Crippen molar-refractivity contribution in [3.63, 3.8) is 0 Å². The van der Waals surface area contributed by atoms with E-state index < -0.39 is 16.1 Å². The molecule has 1 amide bonds. The number of aryl methyl sites for hydroxylation is 1. The lowest BCUT2D eigenvalue weighted by Gasteiger charge is -2.37. The number of ether oxygens (including phenoxy) is 1. The summed E-state index contributed by atoms with van der Waals surface area (Å²) in [5.41, 5.74) is 1.92. The number of rotatable bonds is 6. The Labute approximate surface area is 172 Å². The molecule has 1 aliphatic heterocycles. The van der Waals surface area contributed by atoms with Crippen molar-refractivity contribution in [1.82, 2.24) is 9.62 Å². The Hall–Kier alpha value is -2.58. The van der Waals surface area contributed by atoms with Crippen molar-refractivity contribution >= 4 is 21.6 Å². The van der Waals surface area contributed by atoms with E-state index in [-0.39, 0.29) is 16.6 Å². The van der Waals surface area contributed by atoms with Gasteiger partial charge in [-0.1, -0.05) is 24.3 Å². The molecule has 2 aromatic rings. The second-order valence-electron chi connectivity index (χ2n) is 7.15. The quantitative estimate of drug-likeness (QED) is 0.778. The van der Waals surface area contributed by atoms with Crippen molar-refractivity contribution < 1.29 is 17.9 Å². The zero-order valence-corrected chi connectivity index (χ0v) is 17.8. The molecule has 0 bridgehead atoms. The number of benzene rings is 2. The Morgan fingerprint density at radius 2 is 1.72 bits per heavy atom. The van der Waals surface area contributed by atoms with Crippen LogP contribution in [0, 0.1) is 6.92 Å². The fraction of sp³-hybridized carbons (Fsp3) is 0.381. The second kappa shape index (κ2) is 8.84. The number of para-hydroxylation sites is 1. The van der Waals surface area contributed by atoms with Gasteiger partial charge in [0.25, 0.3) is 0 Å². The van der Waals surface area contributed by atoms with E-state index in [1.807, 2.05) is 30.3 Å². The van der Waals surface area contributed by atoms with E-state index in [0.29, 0.717) is 26.2 Å². The number of methoxy groups -OCH3 is 1. The summed E-state index contributed by atoms with van der Waals surface area (Å²) in [4.78, 5) is 16.8. The van der Waals surface area contributed by atoms with Crippen LogP contribution in [0.1, 0.15) is 12.5 Å². The van der Waals surface area contributed by atoms with Crippen molar-refractivity contribution in [2.75, 3.05) is 38.2 Å². The normalized spacial score (nSPS) is 15.8. The van der Waals surface area contributed by atoms with Crippen LogP contribution in [0.5, 0.6) is 5.75 Å². The van der Waals surface area contributed by atoms with Crippen molar-refractivity contribution in [2.24, 2.45) is 0 Å². The standard InChI is InChI=1S/C21H27N3O4S/c1-16-9-10-19(28-3)20(15-16)29(26,27)22-17(2)21(25)24-13-11-23(12-14-24)18-7-5-4-6-8-18/h4-10,15,17,22H,11-14H2,1-3H3/t17-/m1/s1. The number of piperazine rings is 1. The van der Waals surface area contributed by atoms with Crippen molar-refractivity contribution in [3.05, 3.63) is 54.1 Å². The number of carbonyl (C=O) groups is 1. The molecule has 1 saturated heterocycles. The van der Waals surface area contributed by atoms with E-state index in [1.165, 1.54) is 13.2 Å². The van der Waals surface area contributed by atoms with E-state index >= 15 is 0 Å². The van der Waals surface area contributed by atoms with Gasteiger partial charge in [0.2, 0.25) is 15.9 Å². The van der Waals surface area contributed by atoms with Gasteiger partial charge in [0.1, 0.15) is 10.6 Å². The first kappa shape index (κ1) is 21.1. The number of nitrogens with zero attached hydrogens (tertiary/aromatic N) is 2. The monoisotopic (exact) mass is 417 g/mol. The van der Waals surface area contributed by atoms with Gasteiger partial charge in [0.05, 0.1) is 13.2 Å². The molecule has 0 aromatic heterocycles. The van der Waals surface area contributed by atoms with Gasteiger partial charge in [0, 0.05) is 31.9 Å². The molecule has 0 spiro atoms. The molecule has 156 valence electrons. The molecular weight excluding hydrogens is 390 g/mol. The average Bonchev–Trinajstić information content (AvgIpc) is 2.73. The maximum absolute atomic E-state index is 12.8. The van der Waals surface area contributed by atoms with Crippen LogP contribution < -0.4 is 14.4 Å². The van der Waals surface area contributed by atoms with Crippen LogP contribution in [0.4, 0.5) is 5.69 Å². The lowest BCUT2D eigenvalue weighted by atomic mass is 10.2. The highest BCUT2D eigenvalue weighted by Crippen LogP contribution is 2.25. The van der Waals surface area contributed by atoms with Crippen molar-refractivity contribution in [2.45, 2.75) is 24.8 Å². The van der Waals surface area contributed by atoms with Gasteiger partial charge < -0.3 is 14.5 Å². The Kier molecular flexibility index (Phi) is 6.44. The first-order chi connectivity index (χ1) is 13.8. The third-order valence-corrected chi connectivity index (χ3v) is 6.59. The van der Waals surface area contributed by atoms with Crippen molar-refractivity contribution in [1.29, 1.82) is 0 Å². The number of nitrogens with one attached hydrogen (secondary N) is 1. The van der Waals surface area contributed by atoms with Gasteiger partial charge in [-0.25, -0.2) is 8.42 Å². The lowest BCUT2D eigenvalue weighted by molar-refractivity contribution is -0.132. The molecule has 1 fully saturated rings. The summed E-state index contributed by atoms with van der Waals surface area (Å²) in [5.74, 6) is 0.0205. The van der Waals surface area contributed by atoms with Crippen LogP contribution in [0.2, 0.25) is 0 Å². The third-order valence-electron chi connectivity index (χ3n) is 5.02. The molecule has 1 aliphatic rings. The number of amides is 1. The lowest BCUT2D eigenvalue weighted by Crippen LogP contribution is -2.54. The molecule has 1 heterocycles. The number of anilines is 1. The van der Waals surface area contributed by atoms with E-state index in [4.69, 9.17) is 4.74 Å². The summed E-state index contributed by atoms with van der Waals surface area (Å²) >= 11 is 0. The predicted octanol–water partition coefficient (Wildman–Crippen LogP) is 2.02. The SMILES string of the molecule is COc1ccc(C)cc1S(=O)(=O)N[C@H](C)C(=O)N1CCN(c2ccccc2)CC1. The van der Waals surface area contributed by atoms with Gasteiger partial charge in [-0.15, -0.1) is 0 Å². The number of carbonyl (C=O) groups excluding carboxylic acids is 1. The summed E-state index contributed by atoms with van der Waals surface area (Å²) in [5, 5.41) is 0. The number of hydrogen-bond donors (Lipinski definition) is 1. The van der Waals surface area contributed by atoms with Gasteiger partial charge >= 0.3 is 0 Å². The number of hydrogen-bond acceptors (Lipinski definition) is 5. The molecule has 2 aromatic carbocycles. The minimum atomic E-state index is -3.90. The summed E-state index contributed by atoms with van der Waals surface area (Å²) in [6, 6.07) is 14.1. The van der Waals surface area contributed by atoms with Crippen LogP contribution in [0.3, 0.4) is 0 Å². The Morgan fingerprint density at radius 3 is 2.34 bits per heavy atom. The van der Waals surface area contributed by atoms with Gasteiger partial charge in [-0.3, -0.25) is 4.79 Å². The fourth-order valence-corrected chi connectivity index (χ4v) is 4.89. The predicted molar refractivity (Wildman–Crippen MR) is 113 cm³/mol. The highest BCUT2D eigenvalue weighted by molar-refractivity contribution is 7.89. The maximum atomic E-state index is 12.8. The highest BCUT2D eigenvalue weighted by atomic mass is 32.2. The summed E-state index contributed by atoms with van der Waals surface area (Å²) in [6.07, 6.45) is 0. The van der Waals surface area contributed by atoms with Crippen molar-refractivity contribution in [3.8, 4) is 5.75 Å². The molecule has 0 saturated carbocycles. The molecule has 0 unspecified atom stereocenters. The second-order valence-corrected chi connectivity index (χ2v) is 8.83. The van der Waals surface area contributed by atoms with E-state index in [1.54, 1.807) is 30.9 Å². The van der Waals surface area contributed by atoms with Gasteiger partial charge in [-0.05, 0) is 43.7 Å². The Morgan fingerprint density at radius 1 is 1.07 bits per heavy atom. The van der Waals surface area contributed by atoms with Crippen LogP contribution in [-0.4, -0.2) is 58.6 Å². The molecule has 29 heavy (non-hydrogen) atoms. The first-order valence-electron chi connectivity index (χ1n) is 9.57. The first-order valence-corrected chi connectivity index (χ1v) is 11.1. The van der Waals surface area contributed by atoms with Gasteiger partial charge in [-0.2, -0.15) is 4.72 Å². The van der Waals surface area contributed by atoms with Crippen LogP contribution in [-0.2, 0) is 14.8 Å². The molecule has 3 rings (SSSR count). The van der Waals surface area contributed by atoms with Crippen LogP contribution in [0.15, 0.2) is 53.4 Å². The highest BCUT2D eigenvalue weighted by Gasteiger charge is 2.29. The molecule has 0 aliphatic carbocycles. The minimum absolute atomic E-state index is 0.0357. The van der Waals surface area contributed by atoms with Crippen LogP contribution >= 0.6 is 0 Å². The molecular formula is C21H27N3O4S. The Bertz CT molecular complexity index is 955. The number of sulfonamides is 1. The largest absolute Gasteiger partial charge is 0.495 e. The van der Waals surface area contributed by atoms with E-state index in [9.17, 15) is 13.2 Å². The van der Waals surface area contributed by atoms with Gasteiger partial charge in [0.15, 0.2) is 0 Å². The molecule has 7 nitrogen and oxygen atoms in total. The fourth-order valence-electron chi connectivity index (χ4n) is 3.44. The summed E-state index contributed by atoms with van der Waals surface area (Å²) in [6.45, 7) is 5.90. The minimum Gasteiger partial charge on any atom is -0.495 e. The molecule has 0 radical (unpaired) electrons. The van der Waals surface area contributed by atoms with E-state index in [2.05, 4.69) is 9.62 Å². The van der Waals surface area contributed by atoms with E-state index in [0.717, 1.165) is 11.3 Å². The molecule has 1 N–H and O–H groups in total. The maximum Gasteiger partial charge on any atom is 0.244 e. The van der Waals surface area contributed by atoms with Crippen LogP contribution in [0.25, 0.3) is 0 Å². The Balaban J connectivity index is 1.64. The zero-order chi connectivity index (χ0) is 21.0. The molecule has 8 heteroatoms. The third kappa shape index (κ3) is 4.89. The smallest absolute Gasteiger partial charge is 0.244 e. The zero-order valence-electron chi connectivity index (χ0n) is 17.0. The average molecular weight is 418 g/mol.